The first-order chi connectivity index (χ1) is 13.0. The van der Waals surface area contributed by atoms with Crippen LogP contribution in [0.2, 0.25) is 0 Å². The van der Waals surface area contributed by atoms with Crippen LogP contribution in [0.1, 0.15) is 28.0 Å². The molecule has 27 heavy (non-hydrogen) atoms. The van der Waals surface area contributed by atoms with Crippen LogP contribution in [-0.4, -0.2) is 51.4 Å². The fourth-order valence-electron chi connectivity index (χ4n) is 3.07. The number of pyridine rings is 1. The smallest absolute Gasteiger partial charge is 0.336 e. The van der Waals surface area contributed by atoms with Gasteiger partial charge in [0.1, 0.15) is 0 Å². The van der Waals surface area contributed by atoms with Gasteiger partial charge in [-0.3, -0.25) is 9.67 Å². The standard InChI is InChI=1S/C21H24N4O2/c1-24(2)11-6-12-25-15-19(16-7-4-3-5-8-16)20(23-25)13-17-14-22-10-9-18(17)21(26)27/h3-5,7-10,14-15H,6,11-13H2,1-2H3,(H,26,27). The van der Waals surface area contributed by atoms with Gasteiger partial charge in [0.05, 0.1) is 11.3 Å². The Morgan fingerprint density at radius 3 is 2.67 bits per heavy atom. The Balaban J connectivity index is 1.93. The Kier molecular flexibility index (Phi) is 5.98. The molecule has 0 radical (unpaired) electrons. The number of hydrogen-bond acceptors (Lipinski definition) is 4. The van der Waals surface area contributed by atoms with Crippen LogP contribution >= 0.6 is 0 Å². The van der Waals surface area contributed by atoms with E-state index >= 15 is 0 Å². The van der Waals surface area contributed by atoms with Crippen LogP contribution in [0.3, 0.4) is 0 Å². The predicted molar refractivity (Wildman–Crippen MR) is 105 cm³/mol. The molecule has 0 unspecified atom stereocenters. The van der Waals surface area contributed by atoms with E-state index in [-0.39, 0.29) is 5.56 Å². The molecule has 6 heteroatoms. The van der Waals surface area contributed by atoms with Crippen molar-refractivity contribution >= 4 is 5.97 Å². The third-order valence-corrected chi connectivity index (χ3v) is 4.41. The molecule has 0 aliphatic heterocycles. The normalized spacial score (nSPS) is 11.1. The van der Waals surface area contributed by atoms with Crippen molar-refractivity contribution < 1.29 is 9.90 Å². The van der Waals surface area contributed by atoms with Gasteiger partial charge in [-0.1, -0.05) is 30.3 Å². The highest BCUT2D eigenvalue weighted by Gasteiger charge is 2.16. The van der Waals surface area contributed by atoms with E-state index in [0.717, 1.165) is 36.3 Å². The summed E-state index contributed by atoms with van der Waals surface area (Å²) < 4.78 is 1.96. The van der Waals surface area contributed by atoms with Gasteiger partial charge in [0.25, 0.3) is 0 Å². The summed E-state index contributed by atoms with van der Waals surface area (Å²) in [6, 6.07) is 11.6. The molecule has 1 N–H and O–H groups in total. The molecule has 0 saturated heterocycles. The van der Waals surface area contributed by atoms with Gasteiger partial charge in [0.2, 0.25) is 0 Å². The summed E-state index contributed by atoms with van der Waals surface area (Å²) in [5, 5.41) is 14.2. The fraction of sp³-hybridized carbons (Fsp3) is 0.286. The number of rotatable bonds is 8. The van der Waals surface area contributed by atoms with E-state index in [1.165, 1.54) is 12.3 Å². The number of carboxylic acid groups (broad SMARTS) is 1. The van der Waals surface area contributed by atoms with Crippen LogP contribution in [0.4, 0.5) is 0 Å². The molecule has 0 aliphatic carbocycles. The van der Waals surface area contributed by atoms with E-state index in [9.17, 15) is 9.90 Å². The Bertz CT molecular complexity index is 904. The summed E-state index contributed by atoms with van der Waals surface area (Å²) in [4.78, 5) is 17.8. The molecular weight excluding hydrogens is 340 g/mol. The lowest BCUT2D eigenvalue weighted by atomic mass is 10.00. The van der Waals surface area contributed by atoms with Gasteiger partial charge in [-0.05, 0) is 44.3 Å². The van der Waals surface area contributed by atoms with Gasteiger partial charge in [-0.25, -0.2) is 4.79 Å². The summed E-state index contributed by atoms with van der Waals surface area (Å²) in [6.45, 7) is 1.80. The highest BCUT2D eigenvalue weighted by Crippen LogP contribution is 2.25. The second kappa shape index (κ2) is 8.60. The van der Waals surface area contributed by atoms with Crippen molar-refractivity contribution in [2.24, 2.45) is 0 Å². The summed E-state index contributed by atoms with van der Waals surface area (Å²) >= 11 is 0. The summed E-state index contributed by atoms with van der Waals surface area (Å²) in [5.74, 6) is -0.945. The highest BCUT2D eigenvalue weighted by atomic mass is 16.4. The maximum absolute atomic E-state index is 11.5. The molecule has 140 valence electrons. The number of benzene rings is 1. The minimum absolute atomic E-state index is 0.270. The molecule has 1 aromatic carbocycles. The molecule has 0 amide bonds. The molecule has 0 aliphatic rings. The average Bonchev–Trinajstić information content (AvgIpc) is 3.05. The Morgan fingerprint density at radius 2 is 1.96 bits per heavy atom. The third-order valence-electron chi connectivity index (χ3n) is 4.41. The van der Waals surface area contributed by atoms with E-state index in [1.807, 2.05) is 35.0 Å². The van der Waals surface area contributed by atoms with Crippen molar-refractivity contribution in [3.05, 3.63) is 71.8 Å². The van der Waals surface area contributed by atoms with Crippen molar-refractivity contribution in [3.8, 4) is 11.1 Å². The lowest BCUT2D eigenvalue weighted by molar-refractivity contribution is 0.0695. The van der Waals surface area contributed by atoms with Gasteiger partial charge in [0.15, 0.2) is 0 Å². The zero-order valence-corrected chi connectivity index (χ0v) is 15.7. The van der Waals surface area contributed by atoms with Crippen molar-refractivity contribution in [2.45, 2.75) is 19.4 Å². The number of carboxylic acids is 1. The van der Waals surface area contributed by atoms with E-state index in [1.54, 1.807) is 6.20 Å². The minimum Gasteiger partial charge on any atom is -0.478 e. The number of hydrogen-bond donors (Lipinski definition) is 1. The fourth-order valence-corrected chi connectivity index (χ4v) is 3.07. The first kappa shape index (κ1) is 18.8. The maximum atomic E-state index is 11.5. The summed E-state index contributed by atoms with van der Waals surface area (Å²) in [7, 11) is 4.11. The Labute approximate surface area is 159 Å². The van der Waals surface area contributed by atoms with E-state index in [0.29, 0.717) is 12.0 Å². The number of nitrogens with zero attached hydrogens (tertiary/aromatic N) is 4. The number of aryl methyl sites for hydroxylation is 1. The van der Waals surface area contributed by atoms with Crippen LogP contribution < -0.4 is 0 Å². The van der Waals surface area contributed by atoms with Gasteiger partial charge in [-0.2, -0.15) is 5.10 Å². The first-order valence-electron chi connectivity index (χ1n) is 8.97. The molecule has 0 spiro atoms. The Morgan fingerprint density at radius 1 is 1.19 bits per heavy atom. The van der Waals surface area contributed by atoms with Crippen LogP contribution in [0.15, 0.2) is 55.0 Å². The number of aromatic carboxylic acids is 1. The molecule has 2 heterocycles. The van der Waals surface area contributed by atoms with Crippen molar-refractivity contribution in [2.75, 3.05) is 20.6 Å². The van der Waals surface area contributed by atoms with Crippen molar-refractivity contribution in [3.63, 3.8) is 0 Å². The second-order valence-corrected chi connectivity index (χ2v) is 6.79. The van der Waals surface area contributed by atoms with Crippen molar-refractivity contribution in [1.82, 2.24) is 19.7 Å². The zero-order chi connectivity index (χ0) is 19.2. The molecule has 0 bridgehead atoms. The van der Waals surface area contributed by atoms with Crippen LogP contribution in [0.5, 0.6) is 0 Å². The first-order valence-corrected chi connectivity index (χ1v) is 8.97. The number of aromatic nitrogens is 3. The van der Waals surface area contributed by atoms with Crippen LogP contribution in [0.25, 0.3) is 11.1 Å². The van der Waals surface area contributed by atoms with Gasteiger partial charge in [0, 0.05) is 37.1 Å². The molecule has 3 aromatic rings. The van der Waals surface area contributed by atoms with E-state index < -0.39 is 5.97 Å². The number of carbonyl (C=O) groups is 1. The lowest BCUT2D eigenvalue weighted by Gasteiger charge is -2.08. The Hall–Kier alpha value is -2.99. The monoisotopic (exact) mass is 364 g/mol. The van der Waals surface area contributed by atoms with Gasteiger partial charge < -0.3 is 10.0 Å². The molecule has 2 aromatic heterocycles. The van der Waals surface area contributed by atoms with Crippen molar-refractivity contribution in [1.29, 1.82) is 0 Å². The topological polar surface area (TPSA) is 71.2 Å². The van der Waals surface area contributed by atoms with E-state index in [2.05, 4.69) is 30.2 Å². The molecule has 3 rings (SSSR count). The average molecular weight is 364 g/mol. The second-order valence-electron chi connectivity index (χ2n) is 6.79. The SMILES string of the molecule is CN(C)CCCn1cc(-c2ccccc2)c(Cc2cnccc2C(=O)O)n1. The predicted octanol–water partition coefficient (Wildman–Crippen LogP) is 3.19. The molecule has 0 atom stereocenters. The summed E-state index contributed by atoms with van der Waals surface area (Å²) in [6.07, 6.45) is 6.60. The third kappa shape index (κ3) is 4.80. The highest BCUT2D eigenvalue weighted by molar-refractivity contribution is 5.89. The van der Waals surface area contributed by atoms with Gasteiger partial charge in [-0.15, -0.1) is 0 Å². The van der Waals surface area contributed by atoms with Crippen LogP contribution in [-0.2, 0) is 13.0 Å². The maximum Gasteiger partial charge on any atom is 0.336 e. The minimum atomic E-state index is -0.945. The quantitative estimate of drug-likeness (QED) is 0.665. The zero-order valence-electron chi connectivity index (χ0n) is 15.7. The van der Waals surface area contributed by atoms with Gasteiger partial charge >= 0.3 is 5.97 Å². The largest absolute Gasteiger partial charge is 0.478 e. The van der Waals surface area contributed by atoms with Crippen LogP contribution in [0, 0.1) is 0 Å². The molecule has 0 fully saturated rings. The molecule has 6 nitrogen and oxygen atoms in total. The molecular formula is C21H24N4O2. The van der Waals surface area contributed by atoms with E-state index in [4.69, 9.17) is 5.10 Å². The lowest BCUT2D eigenvalue weighted by Crippen LogP contribution is -2.15. The molecule has 0 saturated carbocycles. The summed E-state index contributed by atoms with van der Waals surface area (Å²) in [5.41, 5.74) is 3.90.